The second kappa shape index (κ2) is 4.51. The Kier molecular flexibility index (Phi) is 3.33. The van der Waals surface area contributed by atoms with E-state index in [0.717, 1.165) is 0 Å². The summed E-state index contributed by atoms with van der Waals surface area (Å²) in [4.78, 5) is 4.62. The fraction of sp³-hybridized carbons (Fsp3) is 0.125. The fourth-order valence-electron chi connectivity index (χ4n) is 0.722. The molecule has 13 heavy (non-hydrogen) atoms. The average molecular weight is 194 g/mol. The minimum absolute atomic E-state index is 0.593. The number of aromatic nitrogens is 1. The maximum atomic E-state index is 5.62. The van der Waals surface area contributed by atoms with Gasteiger partial charge in [-0.1, -0.05) is 12.2 Å². The lowest BCUT2D eigenvalue weighted by Gasteiger charge is -1.97. The molecule has 0 aliphatic heterocycles. The summed E-state index contributed by atoms with van der Waals surface area (Å²) in [6.07, 6.45) is 3.19. The molecule has 0 bridgehead atoms. The smallest absolute Gasteiger partial charge is 0.106 e. The molecule has 1 aromatic rings. The number of hydrogen-bond acceptors (Lipinski definition) is 4. The molecule has 1 heterocycles. The van der Waals surface area contributed by atoms with E-state index in [2.05, 4.69) is 15.5 Å². The van der Waals surface area contributed by atoms with Crippen molar-refractivity contribution >= 4 is 29.1 Å². The number of hydrazone groups is 1. The molecule has 0 atom stereocenters. The minimum Gasteiger partial charge on any atom is -0.397 e. The van der Waals surface area contributed by atoms with Crippen molar-refractivity contribution in [3.63, 3.8) is 0 Å². The fourth-order valence-corrected chi connectivity index (χ4v) is 0.775. The van der Waals surface area contributed by atoms with E-state index in [1.807, 2.05) is 0 Å². The Balaban J connectivity index is 2.68. The van der Waals surface area contributed by atoms with E-state index in [1.54, 1.807) is 25.3 Å². The van der Waals surface area contributed by atoms with Gasteiger partial charge in [-0.05, 0) is 19.1 Å². The van der Waals surface area contributed by atoms with Crippen molar-refractivity contribution < 1.29 is 0 Å². The molecule has 0 radical (unpaired) electrons. The van der Waals surface area contributed by atoms with Crippen molar-refractivity contribution in [2.45, 2.75) is 6.92 Å². The van der Waals surface area contributed by atoms with Crippen LogP contribution in [0.3, 0.4) is 0 Å². The summed E-state index contributed by atoms with van der Waals surface area (Å²) in [5, 5.41) is 3.84. The molecule has 3 N–H and O–H groups in total. The molecule has 68 valence electrons. The third kappa shape index (κ3) is 3.16. The van der Waals surface area contributed by atoms with Gasteiger partial charge in [-0.2, -0.15) is 5.10 Å². The molecule has 0 unspecified atom stereocenters. The van der Waals surface area contributed by atoms with Crippen molar-refractivity contribution in [3.05, 3.63) is 24.0 Å². The summed E-state index contributed by atoms with van der Waals surface area (Å²) in [5.74, 6) is 0. The highest BCUT2D eigenvalue weighted by molar-refractivity contribution is 7.80. The van der Waals surface area contributed by atoms with Gasteiger partial charge in [0, 0.05) is 6.20 Å². The lowest BCUT2D eigenvalue weighted by molar-refractivity contribution is 1.05. The maximum Gasteiger partial charge on any atom is 0.106 e. The molecule has 1 rings (SSSR count). The Morgan fingerprint density at radius 1 is 1.77 bits per heavy atom. The first-order valence-corrected chi connectivity index (χ1v) is 4.11. The summed E-state index contributed by atoms with van der Waals surface area (Å²) < 4.78 is 0. The third-order valence-corrected chi connectivity index (χ3v) is 1.37. The second-order valence-corrected chi connectivity index (χ2v) is 3.02. The lowest BCUT2D eigenvalue weighted by atomic mass is 10.3. The van der Waals surface area contributed by atoms with Gasteiger partial charge in [0.1, 0.15) is 5.69 Å². The van der Waals surface area contributed by atoms with Crippen LogP contribution in [0, 0.1) is 0 Å². The number of nitrogen functional groups attached to an aromatic ring is 1. The Hall–Kier alpha value is -1.49. The molecule has 5 heteroatoms. The SMILES string of the molecule is CC(=S)N/N=C/c1ncccc1N. The number of thiocarbonyl (C=S) groups is 1. The quantitative estimate of drug-likeness (QED) is 0.418. The van der Waals surface area contributed by atoms with Crippen molar-refractivity contribution in [3.8, 4) is 0 Å². The summed E-state index contributed by atoms with van der Waals surface area (Å²) in [7, 11) is 0. The minimum atomic E-state index is 0.593. The van der Waals surface area contributed by atoms with Crippen molar-refractivity contribution in [2.75, 3.05) is 5.73 Å². The molecule has 4 nitrogen and oxygen atoms in total. The summed E-state index contributed by atoms with van der Waals surface area (Å²) in [6.45, 7) is 1.74. The first-order valence-electron chi connectivity index (χ1n) is 3.70. The number of anilines is 1. The molecule has 1 aromatic heterocycles. The van der Waals surface area contributed by atoms with Gasteiger partial charge in [0.2, 0.25) is 0 Å². The lowest BCUT2D eigenvalue weighted by Crippen LogP contribution is -2.10. The van der Waals surface area contributed by atoms with Gasteiger partial charge >= 0.3 is 0 Å². The van der Waals surface area contributed by atoms with Crippen LogP contribution in [0.15, 0.2) is 23.4 Å². The van der Waals surface area contributed by atoms with Gasteiger partial charge in [0.25, 0.3) is 0 Å². The maximum absolute atomic E-state index is 5.62. The number of rotatable bonds is 2. The predicted molar refractivity (Wildman–Crippen MR) is 57.7 cm³/mol. The number of hydrogen-bond donors (Lipinski definition) is 2. The monoisotopic (exact) mass is 194 g/mol. The van der Waals surface area contributed by atoms with Gasteiger partial charge < -0.3 is 5.73 Å². The highest BCUT2D eigenvalue weighted by Gasteiger charge is 1.93. The standard InChI is InChI=1S/C8H10N4S/c1-6(13)12-11-5-8-7(9)3-2-4-10-8/h2-5H,9H2,1H3,(H,12,13)/b11-5+. The molecule has 0 amide bonds. The van der Waals surface area contributed by atoms with Gasteiger partial charge in [-0.15, -0.1) is 0 Å². The first kappa shape index (κ1) is 9.60. The third-order valence-electron chi connectivity index (χ3n) is 1.28. The first-order chi connectivity index (χ1) is 6.20. The van der Waals surface area contributed by atoms with Crippen molar-refractivity contribution in [1.82, 2.24) is 10.4 Å². The predicted octanol–water partition coefficient (Wildman–Crippen LogP) is 0.935. The molecular weight excluding hydrogens is 184 g/mol. The van der Waals surface area contributed by atoms with E-state index < -0.39 is 0 Å². The van der Waals surface area contributed by atoms with Crippen molar-refractivity contribution in [2.24, 2.45) is 5.10 Å². The number of nitrogens with two attached hydrogens (primary N) is 1. The molecule has 0 aliphatic rings. The van der Waals surface area contributed by atoms with E-state index in [0.29, 0.717) is 16.4 Å². The summed E-state index contributed by atoms with van der Waals surface area (Å²) in [6, 6.07) is 3.53. The summed E-state index contributed by atoms with van der Waals surface area (Å²) >= 11 is 4.77. The van der Waals surface area contributed by atoms with Gasteiger partial charge in [0.15, 0.2) is 0 Å². The van der Waals surface area contributed by atoms with Crippen LogP contribution in [0.5, 0.6) is 0 Å². The van der Waals surface area contributed by atoms with Crippen LogP contribution < -0.4 is 11.2 Å². The van der Waals surface area contributed by atoms with Crippen LogP contribution in [0.1, 0.15) is 12.6 Å². The van der Waals surface area contributed by atoms with Crippen LogP contribution in [0.25, 0.3) is 0 Å². The zero-order chi connectivity index (χ0) is 9.68. The Morgan fingerprint density at radius 3 is 3.15 bits per heavy atom. The molecule has 0 saturated heterocycles. The summed E-state index contributed by atoms with van der Waals surface area (Å²) in [5.41, 5.74) is 9.47. The zero-order valence-corrected chi connectivity index (χ0v) is 8.01. The Labute approximate surface area is 81.9 Å². The van der Waals surface area contributed by atoms with E-state index in [1.165, 1.54) is 6.21 Å². The molecule has 0 fully saturated rings. The number of nitrogens with one attached hydrogen (secondary N) is 1. The van der Waals surface area contributed by atoms with E-state index in [4.69, 9.17) is 18.0 Å². The van der Waals surface area contributed by atoms with Crippen LogP contribution >= 0.6 is 12.2 Å². The zero-order valence-electron chi connectivity index (χ0n) is 7.19. The highest BCUT2D eigenvalue weighted by Crippen LogP contribution is 2.02. The topological polar surface area (TPSA) is 63.3 Å². The number of pyridine rings is 1. The highest BCUT2D eigenvalue weighted by atomic mass is 32.1. The largest absolute Gasteiger partial charge is 0.397 e. The van der Waals surface area contributed by atoms with E-state index in [9.17, 15) is 0 Å². The molecule has 0 aromatic carbocycles. The van der Waals surface area contributed by atoms with Gasteiger partial charge in [-0.25, -0.2) is 0 Å². The Bertz CT molecular complexity index is 335. The molecule has 0 aliphatic carbocycles. The Morgan fingerprint density at radius 2 is 2.54 bits per heavy atom. The van der Waals surface area contributed by atoms with Crippen LogP contribution in [0.4, 0.5) is 5.69 Å². The second-order valence-electron chi connectivity index (χ2n) is 2.40. The van der Waals surface area contributed by atoms with E-state index in [-0.39, 0.29) is 0 Å². The van der Waals surface area contributed by atoms with Crippen LogP contribution in [0.2, 0.25) is 0 Å². The van der Waals surface area contributed by atoms with Crippen LogP contribution in [-0.2, 0) is 0 Å². The van der Waals surface area contributed by atoms with Gasteiger partial charge in [-0.3, -0.25) is 10.4 Å². The van der Waals surface area contributed by atoms with Gasteiger partial charge in [0.05, 0.1) is 16.9 Å². The molecular formula is C8H10N4S. The average Bonchev–Trinajstić information content (AvgIpc) is 2.08. The van der Waals surface area contributed by atoms with E-state index >= 15 is 0 Å². The molecule has 0 saturated carbocycles. The number of nitrogens with zero attached hydrogens (tertiary/aromatic N) is 2. The normalized spacial score (nSPS) is 10.2. The van der Waals surface area contributed by atoms with Crippen molar-refractivity contribution in [1.29, 1.82) is 0 Å². The van der Waals surface area contributed by atoms with Crippen LogP contribution in [-0.4, -0.2) is 16.2 Å². The molecule has 0 spiro atoms.